The predicted molar refractivity (Wildman–Crippen MR) is 167 cm³/mol. The Morgan fingerprint density at radius 1 is 0.878 bits per heavy atom. The summed E-state index contributed by atoms with van der Waals surface area (Å²) in [4.78, 5) is 40.6. The number of benzene rings is 4. The van der Waals surface area contributed by atoms with Gasteiger partial charge in [0, 0.05) is 33.9 Å². The monoisotopic (exact) mass is 582 g/mol. The minimum atomic E-state index is -0.274. The Bertz CT molecular complexity index is 1580. The summed E-state index contributed by atoms with van der Waals surface area (Å²) in [6, 6.07) is 29.4. The summed E-state index contributed by atoms with van der Waals surface area (Å²) in [5, 5.41) is 3.43. The molecule has 1 saturated heterocycles. The highest BCUT2D eigenvalue weighted by molar-refractivity contribution is 8.00. The molecule has 41 heavy (non-hydrogen) atoms. The van der Waals surface area contributed by atoms with Crippen LogP contribution >= 0.6 is 23.4 Å². The van der Waals surface area contributed by atoms with Gasteiger partial charge in [-0.2, -0.15) is 0 Å². The van der Waals surface area contributed by atoms with Crippen LogP contribution in [0.2, 0.25) is 5.02 Å². The Balaban J connectivity index is 1.25. The molecule has 0 saturated carbocycles. The third-order valence-electron chi connectivity index (χ3n) is 7.09. The van der Waals surface area contributed by atoms with Gasteiger partial charge in [0.2, 0.25) is 5.91 Å². The van der Waals surface area contributed by atoms with Crippen LogP contribution in [0.4, 0.5) is 5.69 Å². The lowest BCUT2D eigenvalue weighted by atomic mass is 9.86. The van der Waals surface area contributed by atoms with Crippen molar-refractivity contribution in [3.63, 3.8) is 0 Å². The number of carbonyl (C=O) groups is 3. The fraction of sp³-hybridized carbons (Fsp3) is 0.206. The van der Waals surface area contributed by atoms with Crippen LogP contribution in [-0.4, -0.2) is 28.3 Å². The van der Waals surface area contributed by atoms with E-state index in [0.29, 0.717) is 39.7 Å². The SMILES string of the molecule is CC(C)(C)c1ccc(C(=O)c2cccc(NC(=O)c3ccc(C4SCC(=O)N4Cc4ccc(Cl)cc4)cc3)c2)cc1. The Labute approximate surface area is 249 Å². The molecule has 1 aliphatic heterocycles. The van der Waals surface area contributed by atoms with Crippen LogP contribution in [0, 0.1) is 0 Å². The minimum absolute atomic E-state index is 0.00807. The van der Waals surface area contributed by atoms with Crippen molar-refractivity contribution in [2.24, 2.45) is 0 Å². The molecule has 1 heterocycles. The average Bonchev–Trinajstić information content (AvgIpc) is 3.33. The molecule has 208 valence electrons. The van der Waals surface area contributed by atoms with Crippen LogP contribution in [0.3, 0.4) is 0 Å². The van der Waals surface area contributed by atoms with Crippen molar-refractivity contribution in [1.29, 1.82) is 0 Å². The normalized spacial score (nSPS) is 15.2. The van der Waals surface area contributed by atoms with Gasteiger partial charge in [-0.1, -0.05) is 93.0 Å². The molecule has 1 atom stereocenters. The van der Waals surface area contributed by atoms with Gasteiger partial charge < -0.3 is 10.2 Å². The Morgan fingerprint density at radius 2 is 1.54 bits per heavy atom. The van der Waals surface area contributed by atoms with E-state index in [1.54, 1.807) is 48.2 Å². The van der Waals surface area contributed by atoms with Crippen LogP contribution in [-0.2, 0) is 16.8 Å². The van der Waals surface area contributed by atoms with Crippen LogP contribution in [0.25, 0.3) is 0 Å². The summed E-state index contributed by atoms with van der Waals surface area (Å²) in [5.41, 5.74) is 5.27. The van der Waals surface area contributed by atoms with Crippen LogP contribution in [0.1, 0.15) is 69.1 Å². The number of carbonyl (C=O) groups excluding carboxylic acids is 3. The first-order valence-electron chi connectivity index (χ1n) is 13.4. The molecule has 1 N–H and O–H groups in total. The summed E-state index contributed by atoms with van der Waals surface area (Å²) in [7, 11) is 0. The highest BCUT2D eigenvalue weighted by Gasteiger charge is 2.32. The van der Waals surface area contributed by atoms with E-state index in [-0.39, 0.29) is 28.4 Å². The number of hydrogen-bond donors (Lipinski definition) is 1. The van der Waals surface area contributed by atoms with Crippen molar-refractivity contribution in [2.45, 2.75) is 38.1 Å². The smallest absolute Gasteiger partial charge is 0.255 e. The Morgan fingerprint density at radius 3 is 2.20 bits per heavy atom. The number of halogens is 1. The minimum Gasteiger partial charge on any atom is -0.322 e. The zero-order valence-corrected chi connectivity index (χ0v) is 24.8. The van der Waals surface area contributed by atoms with Gasteiger partial charge in [0.15, 0.2) is 5.78 Å². The molecule has 1 unspecified atom stereocenters. The van der Waals surface area contributed by atoms with Crippen LogP contribution < -0.4 is 5.32 Å². The van der Waals surface area contributed by atoms with Crippen LogP contribution in [0.15, 0.2) is 97.1 Å². The summed E-state index contributed by atoms with van der Waals surface area (Å²) >= 11 is 7.58. The second-order valence-corrected chi connectivity index (χ2v) is 12.6. The van der Waals surface area contributed by atoms with Crippen molar-refractivity contribution in [2.75, 3.05) is 11.1 Å². The summed E-state index contributed by atoms with van der Waals surface area (Å²) in [6.07, 6.45) is 0. The zero-order valence-electron chi connectivity index (χ0n) is 23.2. The lowest BCUT2D eigenvalue weighted by Crippen LogP contribution is -2.27. The first-order chi connectivity index (χ1) is 19.6. The van der Waals surface area contributed by atoms with Crippen molar-refractivity contribution >= 4 is 46.6 Å². The van der Waals surface area contributed by atoms with Gasteiger partial charge in [-0.3, -0.25) is 14.4 Å². The Kier molecular flexibility index (Phi) is 8.34. The molecule has 0 radical (unpaired) electrons. The van der Waals surface area contributed by atoms with Gasteiger partial charge in [-0.15, -0.1) is 11.8 Å². The molecular formula is C34H31ClN2O3S. The number of thioether (sulfide) groups is 1. The van der Waals surface area contributed by atoms with Crippen LogP contribution in [0.5, 0.6) is 0 Å². The topological polar surface area (TPSA) is 66.5 Å². The maximum atomic E-state index is 13.1. The molecule has 1 aliphatic rings. The van der Waals surface area contributed by atoms with Crippen molar-refractivity contribution in [1.82, 2.24) is 4.90 Å². The van der Waals surface area contributed by atoms with E-state index in [2.05, 4.69) is 26.1 Å². The molecule has 4 aromatic carbocycles. The van der Waals surface area contributed by atoms with Gasteiger partial charge >= 0.3 is 0 Å². The van der Waals surface area contributed by atoms with E-state index < -0.39 is 0 Å². The number of amides is 2. The molecule has 4 aromatic rings. The van der Waals surface area contributed by atoms with E-state index in [9.17, 15) is 14.4 Å². The number of nitrogens with one attached hydrogen (secondary N) is 1. The molecular weight excluding hydrogens is 552 g/mol. The zero-order chi connectivity index (χ0) is 29.1. The standard InChI is InChI=1S/C34H31ClN2O3S/c1-34(2,3)27-15-13-23(14-16-27)31(39)26-5-4-6-29(19-26)36-32(40)24-9-11-25(12-10-24)33-37(30(38)21-41-33)20-22-7-17-28(35)18-8-22/h4-19,33H,20-21H2,1-3H3,(H,36,40). The Hall–Kier alpha value is -3.87. The largest absolute Gasteiger partial charge is 0.322 e. The van der Waals surface area contributed by atoms with Crippen molar-refractivity contribution < 1.29 is 14.4 Å². The first kappa shape index (κ1) is 28.7. The van der Waals surface area contributed by atoms with E-state index in [4.69, 9.17) is 11.6 Å². The van der Waals surface area contributed by atoms with Gasteiger partial charge in [0.05, 0.1) is 5.75 Å². The van der Waals surface area contributed by atoms with Gasteiger partial charge in [0.25, 0.3) is 5.91 Å². The predicted octanol–water partition coefficient (Wildman–Crippen LogP) is 7.90. The number of hydrogen-bond acceptors (Lipinski definition) is 4. The van der Waals surface area contributed by atoms with E-state index in [1.165, 1.54) is 0 Å². The second-order valence-electron chi connectivity index (χ2n) is 11.1. The third kappa shape index (κ3) is 6.72. The molecule has 7 heteroatoms. The summed E-state index contributed by atoms with van der Waals surface area (Å²) in [5.74, 6) is 0.119. The number of rotatable bonds is 7. The van der Waals surface area contributed by atoms with Gasteiger partial charge in [-0.05, 0) is 58.5 Å². The number of nitrogens with zero attached hydrogens (tertiary/aromatic N) is 1. The maximum Gasteiger partial charge on any atom is 0.255 e. The van der Waals surface area contributed by atoms with Gasteiger partial charge in [-0.25, -0.2) is 0 Å². The molecule has 5 nitrogen and oxygen atoms in total. The van der Waals surface area contributed by atoms with Gasteiger partial charge in [0.1, 0.15) is 5.37 Å². The maximum absolute atomic E-state index is 13.1. The quantitative estimate of drug-likeness (QED) is 0.225. The van der Waals surface area contributed by atoms with Crippen molar-refractivity contribution in [3.05, 3.63) is 135 Å². The second kappa shape index (κ2) is 11.9. The molecule has 0 bridgehead atoms. The van der Waals surface area contributed by atoms with Crippen molar-refractivity contribution in [3.8, 4) is 0 Å². The van der Waals surface area contributed by atoms with E-state index in [0.717, 1.165) is 16.7 Å². The number of anilines is 1. The van der Waals surface area contributed by atoms with E-state index in [1.807, 2.05) is 65.6 Å². The highest BCUT2D eigenvalue weighted by atomic mass is 35.5. The molecule has 0 aliphatic carbocycles. The molecule has 0 aromatic heterocycles. The molecule has 5 rings (SSSR count). The third-order valence-corrected chi connectivity index (χ3v) is 8.60. The average molecular weight is 583 g/mol. The summed E-state index contributed by atoms with van der Waals surface area (Å²) in [6.45, 7) is 6.90. The number of ketones is 1. The molecule has 1 fully saturated rings. The first-order valence-corrected chi connectivity index (χ1v) is 14.8. The van der Waals surface area contributed by atoms with E-state index >= 15 is 0 Å². The lowest BCUT2D eigenvalue weighted by molar-refractivity contribution is -0.128. The highest BCUT2D eigenvalue weighted by Crippen LogP contribution is 2.39. The lowest BCUT2D eigenvalue weighted by Gasteiger charge is -2.24. The molecule has 2 amide bonds. The fourth-order valence-corrected chi connectivity index (χ4v) is 6.03. The molecule has 0 spiro atoms. The summed E-state index contributed by atoms with van der Waals surface area (Å²) < 4.78 is 0. The fourth-order valence-electron chi connectivity index (χ4n) is 4.72.